The normalized spacial score (nSPS) is 8.81. The van der Waals surface area contributed by atoms with E-state index in [4.69, 9.17) is 4.74 Å². The molecule has 5 nitrogen and oxygen atoms in total. The Labute approximate surface area is 92.2 Å². The predicted octanol–water partition coefficient (Wildman–Crippen LogP) is 1.54. The Morgan fingerprint density at radius 2 is 2.31 bits per heavy atom. The summed E-state index contributed by atoms with van der Waals surface area (Å²) in [6, 6.07) is 4.37. The van der Waals surface area contributed by atoms with Crippen LogP contribution in [-0.2, 0) is 4.79 Å². The molecular weight excluding hydrogens is 210 g/mol. The molecule has 1 aromatic rings. The number of hydrogen-bond acceptors (Lipinski definition) is 4. The summed E-state index contributed by atoms with van der Waals surface area (Å²) in [4.78, 5) is 20.3. The highest BCUT2D eigenvalue weighted by Crippen LogP contribution is 2.23. The molecule has 5 heteroatoms. The molecule has 0 N–H and O–H groups in total. The molecule has 0 aliphatic carbocycles. The van der Waals surface area contributed by atoms with Crippen LogP contribution in [0.4, 0.5) is 5.69 Å². The van der Waals surface area contributed by atoms with Crippen LogP contribution in [0.25, 0.3) is 0 Å². The average Bonchev–Trinajstić information content (AvgIpc) is 2.29. The van der Waals surface area contributed by atoms with Gasteiger partial charge < -0.3 is 9.53 Å². The van der Waals surface area contributed by atoms with E-state index in [1.165, 1.54) is 19.2 Å². The van der Waals surface area contributed by atoms with Gasteiger partial charge in [-0.25, -0.2) is 0 Å². The zero-order valence-electron chi connectivity index (χ0n) is 8.60. The first kappa shape index (κ1) is 11.7. The molecular formula is C11H9NO4. The van der Waals surface area contributed by atoms with Gasteiger partial charge in [0.1, 0.15) is 17.6 Å². The van der Waals surface area contributed by atoms with Crippen LogP contribution in [0.5, 0.6) is 5.75 Å². The lowest BCUT2D eigenvalue weighted by atomic mass is 10.1. The maximum Gasteiger partial charge on any atom is 0.288 e. The average molecular weight is 219 g/mol. The molecule has 0 fully saturated rings. The minimum atomic E-state index is -0.534. The first-order valence-electron chi connectivity index (χ1n) is 4.44. The zero-order valence-corrected chi connectivity index (χ0v) is 8.60. The predicted molar refractivity (Wildman–Crippen MR) is 57.2 cm³/mol. The summed E-state index contributed by atoms with van der Waals surface area (Å²) in [5.74, 6) is 5.49. The zero-order chi connectivity index (χ0) is 12.0. The van der Waals surface area contributed by atoms with E-state index in [9.17, 15) is 14.9 Å². The number of carbonyl (C=O) groups is 1. The van der Waals surface area contributed by atoms with Crippen molar-refractivity contribution in [2.24, 2.45) is 0 Å². The van der Waals surface area contributed by atoms with Crippen molar-refractivity contribution in [3.05, 3.63) is 33.9 Å². The molecule has 0 heterocycles. The Balaban J connectivity index is 3.14. The third kappa shape index (κ3) is 2.82. The molecule has 0 saturated carbocycles. The summed E-state index contributed by atoms with van der Waals surface area (Å²) in [5, 5.41) is 10.7. The van der Waals surface area contributed by atoms with Gasteiger partial charge in [-0.05, 0) is 12.1 Å². The van der Waals surface area contributed by atoms with Gasteiger partial charge in [0.15, 0.2) is 0 Å². The molecule has 0 unspecified atom stereocenters. The molecule has 0 bridgehead atoms. The fraction of sp³-hybridized carbons (Fsp3) is 0.182. The summed E-state index contributed by atoms with van der Waals surface area (Å²) in [5.41, 5.74) is 0.144. The van der Waals surface area contributed by atoms with Crippen LogP contribution >= 0.6 is 0 Å². The topological polar surface area (TPSA) is 69.4 Å². The number of rotatable bonds is 3. The molecule has 16 heavy (non-hydrogen) atoms. The van der Waals surface area contributed by atoms with E-state index in [-0.39, 0.29) is 17.7 Å². The van der Waals surface area contributed by atoms with Gasteiger partial charge in [-0.2, -0.15) is 0 Å². The molecule has 0 aliphatic rings. The summed E-state index contributed by atoms with van der Waals surface area (Å²) in [7, 11) is 1.43. The van der Waals surface area contributed by atoms with Crippen LogP contribution in [-0.4, -0.2) is 18.3 Å². The maximum absolute atomic E-state index is 10.7. The number of benzene rings is 1. The number of carbonyl (C=O) groups excluding carboxylic acids is 1. The van der Waals surface area contributed by atoms with Crippen LogP contribution in [0, 0.1) is 22.0 Å². The van der Waals surface area contributed by atoms with Gasteiger partial charge in [0.05, 0.1) is 24.5 Å². The molecule has 0 aliphatic heterocycles. The van der Waals surface area contributed by atoms with E-state index in [2.05, 4.69) is 11.8 Å². The quantitative estimate of drug-likeness (QED) is 0.334. The van der Waals surface area contributed by atoms with E-state index >= 15 is 0 Å². The fourth-order valence-electron chi connectivity index (χ4n) is 1.08. The van der Waals surface area contributed by atoms with Crippen LogP contribution in [0.2, 0.25) is 0 Å². The number of ether oxygens (including phenoxy) is 1. The van der Waals surface area contributed by atoms with Crippen LogP contribution < -0.4 is 4.74 Å². The largest absolute Gasteiger partial charge is 0.497 e. The summed E-state index contributed by atoms with van der Waals surface area (Å²) < 4.78 is 4.88. The third-order valence-corrected chi connectivity index (χ3v) is 1.81. The SMILES string of the molecule is COc1ccc(C#CCC=O)c([N+](=O)[O-])c1. The second-order valence-corrected chi connectivity index (χ2v) is 2.81. The second kappa shape index (κ2) is 5.51. The lowest BCUT2D eigenvalue weighted by molar-refractivity contribution is -0.385. The van der Waals surface area contributed by atoms with Gasteiger partial charge in [0.25, 0.3) is 5.69 Å². The van der Waals surface area contributed by atoms with Crippen LogP contribution in [0.15, 0.2) is 18.2 Å². The highest BCUT2D eigenvalue weighted by molar-refractivity contribution is 5.58. The van der Waals surface area contributed by atoms with Crippen molar-refractivity contribution < 1.29 is 14.5 Å². The highest BCUT2D eigenvalue weighted by atomic mass is 16.6. The monoisotopic (exact) mass is 219 g/mol. The minimum absolute atomic E-state index is 0.0587. The number of aldehydes is 1. The van der Waals surface area contributed by atoms with Gasteiger partial charge in [-0.3, -0.25) is 10.1 Å². The minimum Gasteiger partial charge on any atom is -0.497 e. The summed E-state index contributed by atoms with van der Waals surface area (Å²) in [6.07, 6.45) is 0.700. The van der Waals surface area contributed by atoms with E-state index in [0.29, 0.717) is 12.0 Å². The third-order valence-electron chi connectivity index (χ3n) is 1.81. The number of methoxy groups -OCH3 is 1. The number of hydrogen-bond donors (Lipinski definition) is 0. The molecule has 0 radical (unpaired) electrons. The molecule has 82 valence electrons. The second-order valence-electron chi connectivity index (χ2n) is 2.81. The van der Waals surface area contributed by atoms with Crippen molar-refractivity contribution in [2.75, 3.05) is 7.11 Å². The van der Waals surface area contributed by atoms with Crippen molar-refractivity contribution >= 4 is 12.0 Å². The Hall–Kier alpha value is -2.35. The molecule has 0 aromatic heterocycles. The van der Waals surface area contributed by atoms with Crippen molar-refractivity contribution in [1.82, 2.24) is 0 Å². The Kier molecular flexibility index (Phi) is 4.04. The first-order chi connectivity index (χ1) is 7.69. The molecule has 0 spiro atoms. The van der Waals surface area contributed by atoms with Crippen molar-refractivity contribution in [3.63, 3.8) is 0 Å². The number of nitro benzene ring substituents is 1. The van der Waals surface area contributed by atoms with Crippen molar-refractivity contribution in [2.45, 2.75) is 6.42 Å². The lowest BCUT2D eigenvalue weighted by Gasteiger charge is -2.00. The molecule has 0 atom stereocenters. The van der Waals surface area contributed by atoms with Gasteiger partial charge >= 0.3 is 0 Å². The number of nitrogens with zero attached hydrogens (tertiary/aromatic N) is 1. The molecule has 1 rings (SSSR count). The van der Waals surface area contributed by atoms with Crippen molar-refractivity contribution in [3.8, 4) is 17.6 Å². The maximum atomic E-state index is 10.7. The Bertz CT molecular complexity index is 471. The fourth-order valence-corrected chi connectivity index (χ4v) is 1.08. The summed E-state index contributed by atoms with van der Waals surface area (Å²) >= 11 is 0. The van der Waals surface area contributed by atoms with E-state index < -0.39 is 4.92 Å². The van der Waals surface area contributed by atoms with E-state index in [1.807, 2.05) is 0 Å². The molecule has 0 amide bonds. The van der Waals surface area contributed by atoms with Crippen LogP contribution in [0.1, 0.15) is 12.0 Å². The lowest BCUT2D eigenvalue weighted by Crippen LogP contribution is -1.93. The Morgan fingerprint density at radius 3 is 2.88 bits per heavy atom. The van der Waals surface area contributed by atoms with E-state index in [1.54, 1.807) is 6.07 Å². The summed E-state index contributed by atoms with van der Waals surface area (Å²) in [6.45, 7) is 0. The van der Waals surface area contributed by atoms with Gasteiger partial charge in [-0.15, -0.1) is 0 Å². The first-order valence-corrected chi connectivity index (χ1v) is 4.44. The standard InChI is InChI=1S/C11H9NO4/c1-16-10-6-5-9(4-2-3-7-13)11(8-10)12(14)15/h5-8H,3H2,1H3. The number of nitro groups is 1. The van der Waals surface area contributed by atoms with Crippen LogP contribution in [0.3, 0.4) is 0 Å². The van der Waals surface area contributed by atoms with Crippen molar-refractivity contribution in [1.29, 1.82) is 0 Å². The van der Waals surface area contributed by atoms with Gasteiger partial charge in [-0.1, -0.05) is 11.8 Å². The Morgan fingerprint density at radius 1 is 1.56 bits per heavy atom. The van der Waals surface area contributed by atoms with Gasteiger partial charge in [0.2, 0.25) is 0 Å². The molecule has 0 saturated heterocycles. The van der Waals surface area contributed by atoms with Gasteiger partial charge in [0, 0.05) is 0 Å². The smallest absolute Gasteiger partial charge is 0.288 e. The highest BCUT2D eigenvalue weighted by Gasteiger charge is 2.12. The van der Waals surface area contributed by atoms with E-state index in [0.717, 1.165) is 0 Å². The molecule has 1 aromatic carbocycles.